The Hall–Kier alpha value is -7.21. The molecule has 4 nitrogen and oxygen atoms in total. The van der Waals surface area contributed by atoms with Gasteiger partial charge in [-0.3, -0.25) is 0 Å². The van der Waals surface area contributed by atoms with Crippen molar-refractivity contribution in [3.63, 3.8) is 0 Å². The van der Waals surface area contributed by atoms with E-state index < -0.39 is 0 Å². The number of pyridine rings is 1. The molecule has 0 radical (unpaired) electrons. The van der Waals surface area contributed by atoms with E-state index in [0.29, 0.717) is 5.82 Å². The van der Waals surface area contributed by atoms with E-state index in [-0.39, 0.29) is 0 Å². The van der Waals surface area contributed by atoms with E-state index in [1.165, 1.54) is 30.9 Å². The summed E-state index contributed by atoms with van der Waals surface area (Å²) in [6.07, 6.45) is 0. The second kappa shape index (κ2) is 12.2. The first-order valence-electron chi connectivity index (χ1n) is 18.8. The van der Waals surface area contributed by atoms with Crippen LogP contribution in [-0.4, -0.2) is 15.0 Å². The molecule has 0 aliphatic rings. The van der Waals surface area contributed by atoms with Crippen LogP contribution in [0.25, 0.3) is 120 Å². The fraction of sp³-hybridized carbons (Fsp3) is 0. The molecule has 0 aliphatic carbocycles. The summed E-state index contributed by atoms with van der Waals surface area (Å²) in [4.78, 5) is 16.1. The van der Waals surface area contributed by atoms with Crippen LogP contribution < -0.4 is 0 Å². The zero-order valence-electron chi connectivity index (χ0n) is 29.9. The van der Waals surface area contributed by atoms with Crippen molar-refractivity contribution in [1.82, 2.24) is 15.0 Å². The van der Waals surface area contributed by atoms with Gasteiger partial charge in [-0.2, -0.15) is 0 Å². The quantitative estimate of drug-likeness (QED) is 0.169. The molecule has 56 heavy (non-hydrogen) atoms. The minimum absolute atomic E-state index is 0.671. The molecule has 0 atom stereocenters. The van der Waals surface area contributed by atoms with Gasteiger partial charge in [-0.25, -0.2) is 15.0 Å². The molecule has 8 aromatic carbocycles. The predicted octanol–water partition coefficient (Wildman–Crippen LogP) is 14.3. The Kier molecular flexibility index (Phi) is 6.76. The van der Waals surface area contributed by atoms with E-state index in [2.05, 4.69) is 140 Å². The van der Waals surface area contributed by atoms with Crippen LogP contribution >= 0.6 is 11.3 Å². The third-order valence-corrected chi connectivity index (χ3v) is 12.2. The van der Waals surface area contributed by atoms with E-state index in [0.717, 1.165) is 82.9 Å². The maximum atomic E-state index is 6.43. The number of para-hydroxylation sites is 2. The topological polar surface area (TPSA) is 51.8 Å². The summed E-state index contributed by atoms with van der Waals surface area (Å²) in [5.74, 6) is 0.671. The molecular weight excluding hydrogens is 703 g/mol. The second-order valence-electron chi connectivity index (χ2n) is 14.3. The van der Waals surface area contributed by atoms with E-state index in [1.807, 2.05) is 47.7 Å². The van der Waals surface area contributed by atoms with Crippen LogP contribution in [0.4, 0.5) is 0 Å². The van der Waals surface area contributed by atoms with E-state index in [1.54, 1.807) is 0 Å². The molecule has 12 aromatic rings. The Morgan fingerprint density at radius 2 is 1.12 bits per heavy atom. The lowest BCUT2D eigenvalue weighted by molar-refractivity contribution is 0.669. The van der Waals surface area contributed by atoms with Crippen LogP contribution in [0.2, 0.25) is 0 Å². The molecule has 5 heteroatoms. The number of fused-ring (bicyclic) bond motifs is 12. The molecule has 0 bridgehead atoms. The summed E-state index contributed by atoms with van der Waals surface area (Å²) in [5, 5.41) is 10.6. The first-order chi connectivity index (χ1) is 27.7. The van der Waals surface area contributed by atoms with Crippen LogP contribution in [0.3, 0.4) is 0 Å². The standard InChI is InChI=1S/C51H29N3OS/c1-3-13-31(14-4-1)49-39-25-26-43-48(36-18-9-10-21-42(36)55-43)47(39)38-20-11-19-35(50(38)54-49)41-29-40(52-51(53-41)32-15-5-2-6-16-32)33-22-24-37-45(28-33)56-44-27-23-30-12-7-8-17-34(30)46(37)44/h1-29H. The fourth-order valence-corrected chi connectivity index (χ4v) is 9.67. The highest BCUT2D eigenvalue weighted by Gasteiger charge is 2.21. The smallest absolute Gasteiger partial charge is 0.160 e. The number of thiophene rings is 1. The van der Waals surface area contributed by atoms with E-state index in [4.69, 9.17) is 19.4 Å². The number of hydrogen-bond acceptors (Lipinski definition) is 5. The number of hydrogen-bond donors (Lipinski definition) is 0. The normalized spacial score (nSPS) is 11.9. The van der Waals surface area contributed by atoms with Gasteiger partial charge in [0.05, 0.1) is 22.6 Å². The molecule has 0 amide bonds. The Morgan fingerprint density at radius 1 is 0.393 bits per heavy atom. The van der Waals surface area contributed by atoms with Crippen molar-refractivity contribution in [3.8, 4) is 45.2 Å². The lowest BCUT2D eigenvalue weighted by atomic mass is 9.94. The average molecular weight is 732 g/mol. The highest BCUT2D eigenvalue weighted by Crippen LogP contribution is 2.44. The van der Waals surface area contributed by atoms with Gasteiger partial charge >= 0.3 is 0 Å². The van der Waals surface area contributed by atoms with Crippen molar-refractivity contribution in [2.75, 3.05) is 0 Å². The number of nitrogens with zero attached hydrogens (tertiary/aromatic N) is 3. The number of rotatable bonds is 4. The van der Waals surface area contributed by atoms with Crippen LogP contribution in [0, 0.1) is 0 Å². The summed E-state index contributed by atoms with van der Waals surface area (Å²) in [5.41, 5.74) is 9.22. The van der Waals surface area contributed by atoms with Gasteiger partial charge in [0.15, 0.2) is 5.82 Å². The van der Waals surface area contributed by atoms with Crippen LogP contribution in [0.1, 0.15) is 0 Å². The SMILES string of the molecule is c1ccc(-c2nc(-c3ccc4c(c3)sc3ccc5ccccc5c34)cc(-c3cccc4c3nc(-c3ccccc3)c3ccc5oc6ccccc6c5c34)n2)cc1. The largest absolute Gasteiger partial charge is 0.456 e. The van der Waals surface area contributed by atoms with Gasteiger partial charge in [0, 0.05) is 69.4 Å². The lowest BCUT2D eigenvalue weighted by Crippen LogP contribution is -1.98. The van der Waals surface area contributed by atoms with Gasteiger partial charge in [0.1, 0.15) is 11.2 Å². The van der Waals surface area contributed by atoms with Crippen molar-refractivity contribution in [2.24, 2.45) is 0 Å². The lowest BCUT2D eigenvalue weighted by Gasteiger charge is -2.15. The zero-order valence-corrected chi connectivity index (χ0v) is 30.7. The monoisotopic (exact) mass is 731 g/mol. The van der Waals surface area contributed by atoms with Crippen molar-refractivity contribution in [3.05, 3.63) is 176 Å². The van der Waals surface area contributed by atoms with Crippen molar-refractivity contribution in [2.45, 2.75) is 0 Å². The van der Waals surface area contributed by atoms with Gasteiger partial charge in [-0.05, 0) is 47.2 Å². The van der Waals surface area contributed by atoms with Gasteiger partial charge in [-0.1, -0.05) is 140 Å². The third-order valence-electron chi connectivity index (χ3n) is 11.1. The highest BCUT2D eigenvalue weighted by atomic mass is 32.1. The maximum Gasteiger partial charge on any atom is 0.160 e. The van der Waals surface area contributed by atoms with Crippen LogP contribution in [0.5, 0.6) is 0 Å². The van der Waals surface area contributed by atoms with Gasteiger partial charge in [0.25, 0.3) is 0 Å². The van der Waals surface area contributed by atoms with Crippen molar-refractivity contribution >= 4 is 85.9 Å². The maximum absolute atomic E-state index is 6.43. The number of aromatic nitrogens is 3. The van der Waals surface area contributed by atoms with E-state index in [9.17, 15) is 0 Å². The van der Waals surface area contributed by atoms with E-state index >= 15 is 0 Å². The first-order valence-corrected chi connectivity index (χ1v) is 19.6. The highest BCUT2D eigenvalue weighted by molar-refractivity contribution is 7.26. The zero-order chi connectivity index (χ0) is 36.7. The third kappa shape index (κ3) is 4.75. The summed E-state index contributed by atoms with van der Waals surface area (Å²) in [6.45, 7) is 0. The fourth-order valence-electron chi connectivity index (χ4n) is 8.51. The van der Waals surface area contributed by atoms with Crippen LogP contribution in [0.15, 0.2) is 180 Å². The Balaban J connectivity index is 1.14. The van der Waals surface area contributed by atoms with Gasteiger partial charge in [-0.15, -0.1) is 11.3 Å². The molecule has 12 rings (SSSR count). The second-order valence-corrected chi connectivity index (χ2v) is 15.4. The molecule has 260 valence electrons. The minimum atomic E-state index is 0.671. The summed E-state index contributed by atoms with van der Waals surface area (Å²) in [7, 11) is 0. The number of benzene rings is 8. The summed E-state index contributed by atoms with van der Waals surface area (Å²) < 4.78 is 8.95. The Labute approximate surface area is 325 Å². The first kappa shape index (κ1) is 31.2. The molecule has 0 fully saturated rings. The summed E-state index contributed by atoms with van der Waals surface area (Å²) in [6, 6.07) is 61.7. The Bertz CT molecular complexity index is 3530. The van der Waals surface area contributed by atoms with Crippen LogP contribution in [-0.2, 0) is 0 Å². The molecular formula is C51H29N3OS. The average Bonchev–Trinajstić information content (AvgIpc) is 3.85. The van der Waals surface area contributed by atoms with Gasteiger partial charge in [0.2, 0.25) is 0 Å². The Morgan fingerprint density at radius 3 is 2.00 bits per heavy atom. The molecule has 0 spiro atoms. The molecule has 0 N–H and O–H groups in total. The molecule has 4 aromatic heterocycles. The minimum Gasteiger partial charge on any atom is -0.456 e. The molecule has 0 saturated heterocycles. The van der Waals surface area contributed by atoms with Crippen molar-refractivity contribution < 1.29 is 4.42 Å². The molecule has 0 unspecified atom stereocenters. The predicted molar refractivity (Wildman–Crippen MR) is 234 cm³/mol. The number of furan rings is 1. The van der Waals surface area contributed by atoms with Gasteiger partial charge < -0.3 is 4.42 Å². The summed E-state index contributed by atoms with van der Waals surface area (Å²) >= 11 is 1.83. The van der Waals surface area contributed by atoms with Crippen molar-refractivity contribution in [1.29, 1.82) is 0 Å². The molecule has 0 aliphatic heterocycles. The molecule has 0 saturated carbocycles. The molecule has 4 heterocycles.